The summed E-state index contributed by atoms with van der Waals surface area (Å²) in [6.07, 6.45) is 8.43. The predicted molar refractivity (Wildman–Crippen MR) is 94.8 cm³/mol. The van der Waals surface area contributed by atoms with Crippen LogP contribution in [-0.4, -0.2) is 46.1 Å². The van der Waals surface area contributed by atoms with Crippen LogP contribution in [0.1, 0.15) is 16.7 Å². The summed E-state index contributed by atoms with van der Waals surface area (Å²) in [5, 5.41) is 14.4. The molecule has 1 aromatic heterocycles. The number of benzene rings is 1. The highest BCUT2D eigenvalue weighted by Gasteiger charge is 2.11. The van der Waals surface area contributed by atoms with Crippen LogP contribution in [0.2, 0.25) is 0 Å². The van der Waals surface area contributed by atoms with Gasteiger partial charge < -0.3 is 9.84 Å². The second kappa shape index (κ2) is 8.53. The fourth-order valence-corrected chi connectivity index (χ4v) is 2.51. The first kappa shape index (κ1) is 18.1. The lowest BCUT2D eigenvalue weighted by atomic mass is 10.1. The highest BCUT2D eigenvalue weighted by atomic mass is 16.5. The Morgan fingerprint density at radius 3 is 2.96 bits per heavy atom. The van der Waals surface area contributed by atoms with Crippen LogP contribution in [0, 0.1) is 26.2 Å². The van der Waals surface area contributed by atoms with Crippen LogP contribution in [0.5, 0.6) is 5.75 Å². The van der Waals surface area contributed by atoms with E-state index in [9.17, 15) is 5.11 Å². The van der Waals surface area contributed by atoms with Crippen molar-refractivity contribution in [3.05, 3.63) is 47.3 Å². The number of terminal acetylenes is 1. The van der Waals surface area contributed by atoms with Gasteiger partial charge in [-0.3, -0.25) is 9.58 Å². The van der Waals surface area contributed by atoms with Crippen LogP contribution in [0.4, 0.5) is 0 Å². The Bertz CT molecular complexity index is 703. The maximum Gasteiger partial charge on any atom is 0.122 e. The van der Waals surface area contributed by atoms with Crippen molar-refractivity contribution in [3.63, 3.8) is 0 Å². The summed E-state index contributed by atoms with van der Waals surface area (Å²) in [6, 6.07) is 6.06. The quantitative estimate of drug-likeness (QED) is 0.754. The van der Waals surface area contributed by atoms with Gasteiger partial charge in [-0.1, -0.05) is 18.1 Å². The van der Waals surface area contributed by atoms with Crippen molar-refractivity contribution in [2.24, 2.45) is 0 Å². The van der Waals surface area contributed by atoms with Gasteiger partial charge in [0.15, 0.2) is 0 Å². The van der Waals surface area contributed by atoms with Crippen LogP contribution in [0.15, 0.2) is 30.6 Å². The first-order chi connectivity index (χ1) is 11.5. The molecule has 128 valence electrons. The second-order valence-corrected chi connectivity index (χ2v) is 6.18. The largest absolute Gasteiger partial charge is 0.491 e. The van der Waals surface area contributed by atoms with E-state index in [1.807, 2.05) is 50.2 Å². The Kier molecular flexibility index (Phi) is 6.42. The Labute approximate surface area is 143 Å². The molecule has 0 spiro atoms. The van der Waals surface area contributed by atoms with E-state index < -0.39 is 6.10 Å². The van der Waals surface area contributed by atoms with Gasteiger partial charge >= 0.3 is 0 Å². The molecule has 5 heteroatoms. The van der Waals surface area contributed by atoms with E-state index in [0.717, 1.165) is 22.4 Å². The number of likely N-dealkylation sites (N-methyl/N-ethyl adjacent to an activating group) is 1. The number of aryl methyl sites for hydroxylation is 2. The molecule has 0 fully saturated rings. The lowest BCUT2D eigenvalue weighted by Gasteiger charge is -2.20. The van der Waals surface area contributed by atoms with Crippen molar-refractivity contribution in [3.8, 4) is 18.1 Å². The highest BCUT2D eigenvalue weighted by Crippen LogP contribution is 2.19. The fourth-order valence-electron chi connectivity index (χ4n) is 2.51. The third-order valence-electron chi connectivity index (χ3n) is 3.69. The van der Waals surface area contributed by atoms with E-state index in [0.29, 0.717) is 19.6 Å². The lowest BCUT2D eigenvalue weighted by molar-refractivity contribution is 0.0741. The third kappa shape index (κ3) is 5.41. The molecule has 0 amide bonds. The summed E-state index contributed by atoms with van der Waals surface area (Å²) in [5.41, 5.74) is 3.28. The molecule has 1 aromatic carbocycles. The van der Waals surface area contributed by atoms with Gasteiger partial charge in [0.25, 0.3) is 0 Å². The molecule has 1 heterocycles. The minimum atomic E-state index is -0.560. The third-order valence-corrected chi connectivity index (χ3v) is 3.69. The Hall–Kier alpha value is -2.29. The molecule has 1 N–H and O–H groups in total. The number of aliphatic hydroxyl groups excluding tert-OH is 1. The van der Waals surface area contributed by atoms with Gasteiger partial charge in [0.2, 0.25) is 0 Å². The number of ether oxygens (including phenoxy) is 1. The van der Waals surface area contributed by atoms with Gasteiger partial charge in [-0.05, 0) is 38.1 Å². The van der Waals surface area contributed by atoms with Crippen molar-refractivity contribution in [1.29, 1.82) is 0 Å². The van der Waals surface area contributed by atoms with E-state index >= 15 is 0 Å². The van der Waals surface area contributed by atoms with E-state index in [4.69, 9.17) is 11.2 Å². The number of hydrogen-bond donors (Lipinski definition) is 1. The van der Waals surface area contributed by atoms with Crippen LogP contribution in [0.25, 0.3) is 0 Å². The molecule has 0 saturated heterocycles. The van der Waals surface area contributed by atoms with E-state index in [1.165, 1.54) is 0 Å². The molecule has 0 saturated carbocycles. The van der Waals surface area contributed by atoms with E-state index in [-0.39, 0.29) is 6.61 Å². The maximum atomic E-state index is 10.2. The fraction of sp³-hybridized carbons (Fsp3) is 0.421. The number of aliphatic hydroxyl groups is 1. The lowest BCUT2D eigenvalue weighted by Crippen LogP contribution is -2.32. The van der Waals surface area contributed by atoms with Crippen LogP contribution < -0.4 is 4.74 Å². The molecule has 24 heavy (non-hydrogen) atoms. The first-order valence-electron chi connectivity index (χ1n) is 7.99. The molecule has 0 aliphatic carbocycles. The minimum Gasteiger partial charge on any atom is -0.491 e. The zero-order chi connectivity index (χ0) is 17.5. The smallest absolute Gasteiger partial charge is 0.122 e. The average molecular weight is 327 g/mol. The zero-order valence-corrected chi connectivity index (χ0v) is 14.6. The molecule has 5 nitrogen and oxygen atoms in total. The van der Waals surface area contributed by atoms with Gasteiger partial charge in [0.1, 0.15) is 25.0 Å². The number of nitrogens with zero attached hydrogens (tertiary/aromatic N) is 3. The highest BCUT2D eigenvalue weighted by molar-refractivity contribution is 5.35. The Balaban J connectivity index is 1.79. The predicted octanol–water partition coefficient (Wildman–Crippen LogP) is 2.00. The van der Waals surface area contributed by atoms with Gasteiger partial charge in [0, 0.05) is 24.8 Å². The number of rotatable bonds is 8. The topological polar surface area (TPSA) is 50.5 Å². The van der Waals surface area contributed by atoms with Gasteiger partial charge in [-0.2, -0.15) is 5.10 Å². The molecule has 2 rings (SSSR count). The van der Waals surface area contributed by atoms with Gasteiger partial charge in [0.05, 0.1) is 6.20 Å². The monoisotopic (exact) mass is 327 g/mol. The number of hydrogen-bond acceptors (Lipinski definition) is 4. The number of aromatic nitrogens is 2. The molecule has 0 aliphatic heterocycles. The van der Waals surface area contributed by atoms with Crippen LogP contribution >= 0.6 is 0 Å². The summed E-state index contributed by atoms with van der Waals surface area (Å²) in [5.74, 6) is 3.38. The molecule has 1 atom stereocenters. The average Bonchev–Trinajstić information content (AvgIpc) is 2.95. The van der Waals surface area contributed by atoms with Gasteiger partial charge in [-0.25, -0.2) is 0 Å². The summed E-state index contributed by atoms with van der Waals surface area (Å²) < 4.78 is 7.48. The molecule has 2 aromatic rings. The standard InChI is InChI=1S/C19H25N3O2/c1-5-8-22-12-17(10-20-22)11-21(4)13-18(23)14-24-19-9-15(2)6-7-16(19)3/h1,6-7,9-10,12,18,23H,8,11,13-14H2,2-4H3. The zero-order valence-electron chi connectivity index (χ0n) is 14.6. The normalized spacial score (nSPS) is 12.2. The van der Waals surface area contributed by atoms with Crippen LogP contribution in [-0.2, 0) is 13.1 Å². The minimum absolute atomic E-state index is 0.269. The van der Waals surface area contributed by atoms with Crippen molar-refractivity contribution >= 4 is 0 Å². The van der Waals surface area contributed by atoms with Crippen LogP contribution in [0.3, 0.4) is 0 Å². The Morgan fingerprint density at radius 1 is 1.42 bits per heavy atom. The van der Waals surface area contributed by atoms with Crippen molar-refractivity contribution in [1.82, 2.24) is 14.7 Å². The van der Waals surface area contributed by atoms with Crippen molar-refractivity contribution in [2.75, 3.05) is 20.2 Å². The molecule has 1 unspecified atom stereocenters. The first-order valence-corrected chi connectivity index (χ1v) is 7.99. The molecular formula is C19H25N3O2. The maximum absolute atomic E-state index is 10.2. The molecule has 0 radical (unpaired) electrons. The SMILES string of the molecule is C#CCn1cc(CN(C)CC(O)COc2cc(C)ccc2C)cn1. The summed E-state index contributed by atoms with van der Waals surface area (Å²) in [7, 11) is 1.96. The second-order valence-electron chi connectivity index (χ2n) is 6.18. The Morgan fingerprint density at radius 2 is 2.21 bits per heavy atom. The summed E-state index contributed by atoms with van der Waals surface area (Å²) in [4.78, 5) is 2.04. The van der Waals surface area contributed by atoms with E-state index in [2.05, 4.69) is 11.0 Å². The molecule has 0 aliphatic rings. The summed E-state index contributed by atoms with van der Waals surface area (Å²) in [6.45, 7) is 5.98. The van der Waals surface area contributed by atoms with Gasteiger partial charge in [-0.15, -0.1) is 6.42 Å². The molecular weight excluding hydrogens is 302 g/mol. The van der Waals surface area contributed by atoms with E-state index in [1.54, 1.807) is 10.9 Å². The van der Waals surface area contributed by atoms with Crippen molar-refractivity contribution < 1.29 is 9.84 Å². The van der Waals surface area contributed by atoms with Crippen molar-refractivity contribution in [2.45, 2.75) is 33.0 Å². The molecule has 0 bridgehead atoms. The summed E-state index contributed by atoms with van der Waals surface area (Å²) >= 11 is 0.